The molecule has 0 aromatic rings. The normalized spacial score (nSPS) is 31.8. The lowest BCUT2D eigenvalue weighted by molar-refractivity contribution is 0.286. The quantitative estimate of drug-likeness (QED) is 0.541. The summed E-state index contributed by atoms with van der Waals surface area (Å²) in [5.74, 6) is 0. The molecular formula is C8H15N3. The monoisotopic (exact) mass is 153 g/mol. The lowest BCUT2D eigenvalue weighted by atomic mass is 9.85. The molecule has 0 aromatic carbocycles. The number of rotatable bonds is 0. The molecule has 62 valence electrons. The number of hydrogen-bond donors (Lipinski definition) is 2. The lowest BCUT2D eigenvalue weighted by Gasteiger charge is -2.25. The summed E-state index contributed by atoms with van der Waals surface area (Å²) >= 11 is 0. The summed E-state index contributed by atoms with van der Waals surface area (Å²) in [5, 5.41) is 8.60. The topological polar surface area (TPSA) is 47.9 Å². The predicted molar refractivity (Wildman–Crippen MR) is 43.5 cm³/mol. The first kappa shape index (κ1) is 8.51. The Hall–Kier alpha value is -0.590. The molecule has 1 aliphatic heterocycles. The largest absolute Gasteiger partial charge is 0.253 e. The van der Waals surface area contributed by atoms with Gasteiger partial charge in [-0.2, -0.15) is 5.26 Å². The number of hydrazine groups is 1. The fourth-order valence-corrected chi connectivity index (χ4v) is 1.21. The van der Waals surface area contributed by atoms with Crippen molar-refractivity contribution in [3.8, 4) is 6.07 Å². The van der Waals surface area contributed by atoms with Crippen molar-refractivity contribution in [3.63, 3.8) is 0 Å². The van der Waals surface area contributed by atoms with Crippen molar-refractivity contribution in [3.05, 3.63) is 0 Å². The van der Waals surface area contributed by atoms with Crippen molar-refractivity contribution in [1.29, 1.82) is 5.26 Å². The summed E-state index contributed by atoms with van der Waals surface area (Å²) in [6.45, 7) is 6.52. The zero-order chi connectivity index (χ0) is 8.48. The van der Waals surface area contributed by atoms with Gasteiger partial charge in [-0.1, -0.05) is 20.8 Å². The van der Waals surface area contributed by atoms with Crippen molar-refractivity contribution < 1.29 is 0 Å². The maximum absolute atomic E-state index is 8.60. The van der Waals surface area contributed by atoms with E-state index in [9.17, 15) is 0 Å². The molecule has 0 amide bonds. The van der Waals surface area contributed by atoms with Gasteiger partial charge < -0.3 is 0 Å². The molecule has 0 spiro atoms. The molecule has 1 rings (SSSR count). The summed E-state index contributed by atoms with van der Waals surface area (Å²) < 4.78 is 0. The molecule has 2 atom stereocenters. The Morgan fingerprint density at radius 3 is 2.27 bits per heavy atom. The molecule has 0 aromatic heterocycles. The average Bonchev–Trinajstić information content (AvgIpc) is 2.32. The minimum Gasteiger partial charge on any atom is -0.253 e. The summed E-state index contributed by atoms with van der Waals surface area (Å²) in [6, 6.07) is 2.59. The third kappa shape index (κ3) is 1.92. The van der Waals surface area contributed by atoms with Crippen LogP contribution in [0.15, 0.2) is 0 Å². The highest BCUT2D eigenvalue weighted by atomic mass is 15.4. The molecule has 3 heteroatoms. The van der Waals surface area contributed by atoms with Crippen LogP contribution in [0.5, 0.6) is 0 Å². The molecule has 11 heavy (non-hydrogen) atoms. The molecule has 3 nitrogen and oxygen atoms in total. The molecule has 1 heterocycles. The Bertz CT molecular complexity index is 175. The fraction of sp³-hybridized carbons (Fsp3) is 0.875. The average molecular weight is 153 g/mol. The number of hydrogen-bond acceptors (Lipinski definition) is 3. The van der Waals surface area contributed by atoms with Gasteiger partial charge in [0, 0.05) is 6.04 Å². The number of nitrogens with zero attached hydrogens (tertiary/aromatic N) is 1. The third-order valence-corrected chi connectivity index (χ3v) is 2.10. The standard InChI is InChI=1S/C8H15N3/c1-8(2,3)7-4-6(5-9)10-11-7/h6-7,10-11H,4H2,1-3H3. The summed E-state index contributed by atoms with van der Waals surface area (Å²) in [5.41, 5.74) is 6.31. The first-order valence-corrected chi connectivity index (χ1v) is 3.94. The van der Waals surface area contributed by atoms with Crippen molar-refractivity contribution >= 4 is 0 Å². The van der Waals surface area contributed by atoms with Crippen LogP contribution >= 0.6 is 0 Å². The van der Waals surface area contributed by atoms with Gasteiger partial charge in [0.15, 0.2) is 0 Å². The number of nitriles is 1. The molecule has 1 saturated heterocycles. The fourth-order valence-electron chi connectivity index (χ4n) is 1.21. The molecule has 1 fully saturated rings. The van der Waals surface area contributed by atoms with Crippen LogP contribution in [0.25, 0.3) is 0 Å². The van der Waals surface area contributed by atoms with Gasteiger partial charge in [0.1, 0.15) is 6.04 Å². The van der Waals surface area contributed by atoms with Gasteiger partial charge >= 0.3 is 0 Å². The highest BCUT2D eigenvalue weighted by molar-refractivity contribution is 4.99. The van der Waals surface area contributed by atoms with Gasteiger partial charge in [0.05, 0.1) is 6.07 Å². The minimum atomic E-state index is -0.0146. The van der Waals surface area contributed by atoms with Crippen LogP contribution in [0.3, 0.4) is 0 Å². The molecule has 2 unspecified atom stereocenters. The Labute approximate surface area is 67.8 Å². The van der Waals surface area contributed by atoms with Gasteiger partial charge in [-0.3, -0.25) is 5.43 Å². The molecular weight excluding hydrogens is 138 g/mol. The van der Waals surface area contributed by atoms with Crippen LogP contribution in [0.1, 0.15) is 27.2 Å². The van der Waals surface area contributed by atoms with E-state index in [0.29, 0.717) is 6.04 Å². The summed E-state index contributed by atoms with van der Waals surface area (Å²) in [7, 11) is 0. The second-order valence-corrected chi connectivity index (χ2v) is 4.12. The van der Waals surface area contributed by atoms with E-state index in [1.807, 2.05) is 0 Å². The van der Waals surface area contributed by atoms with Gasteiger partial charge in [0.25, 0.3) is 0 Å². The van der Waals surface area contributed by atoms with Crippen molar-refractivity contribution in [2.45, 2.75) is 39.3 Å². The van der Waals surface area contributed by atoms with Gasteiger partial charge in [0.2, 0.25) is 0 Å². The second kappa shape index (κ2) is 2.80. The lowest BCUT2D eigenvalue weighted by Crippen LogP contribution is -2.39. The zero-order valence-corrected chi connectivity index (χ0v) is 7.31. The SMILES string of the molecule is CC(C)(C)C1CC(C#N)NN1. The van der Waals surface area contributed by atoms with E-state index in [2.05, 4.69) is 37.7 Å². The highest BCUT2D eigenvalue weighted by Crippen LogP contribution is 2.24. The van der Waals surface area contributed by atoms with Gasteiger partial charge in [-0.25, -0.2) is 5.43 Å². The van der Waals surface area contributed by atoms with Crippen LogP contribution in [-0.2, 0) is 0 Å². The molecule has 0 radical (unpaired) electrons. The molecule has 2 N–H and O–H groups in total. The first-order chi connectivity index (χ1) is 5.04. The highest BCUT2D eigenvalue weighted by Gasteiger charge is 2.32. The third-order valence-electron chi connectivity index (χ3n) is 2.10. The van der Waals surface area contributed by atoms with Crippen molar-refractivity contribution in [1.82, 2.24) is 10.9 Å². The van der Waals surface area contributed by atoms with Crippen LogP contribution in [0.2, 0.25) is 0 Å². The molecule has 1 aliphatic rings. The van der Waals surface area contributed by atoms with Crippen molar-refractivity contribution in [2.75, 3.05) is 0 Å². The van der Waals surface area contributed by atoms with Crippen molar-refractivity contribution in [2.24, 2.45) is 5.41 Å². The Kier molecular flexibility index (Phi) is 2.17. The molecule has 0 aliphatic carbocycles. The van der Waals surface area contributed by atoms with E-state index in [1.165, 1.54) is 0 Å². The van der Waals surface area contributed by atoms with Gasteiger partial charge in [-0.15, -0.1) is 0 Å². The summed E-state index contributed by atoms with van der Waals surface area (Å²) in [4.78, 5) is 0. The van der Waals surface area contributed by atoms with Crippen LogP contribution in [-0.4, -0.2) is 12.1 Å². The maximum Gasteiger partial charge on any atom is 0.109 e. The van der Waals surface area contributed by atoms with Crippen LogP contribution in [0.4, 0.5) is 0 Å². The first-order valence-electron chi connectivity index (χ1n) is 3.94. The summed E-state index contributed by atoms with van der Waals surface area (Å²) in [6.07, 6.45) is 0.903. The van der Waals surface area contributed by atoms with Gasteiger partial charge in [-0.05, 0) is 11.8 Å². The Morgan fingerprint density at radius 2 is 2.00 bits per heavy atom. The van der Waals surface area contributed by atoms with E-state index in [1.54, 1.807) is 0 Å². The second-order valence-electron chi connectivity index (χ2n) is 4.12. The maximum atomic E-state index is 8.60. The van der Waals surface area contributed by atoms with Crippen LogP contribution < -0.4 is 10.9 Å². The van der Waals surface area contributed by atoms with Crippen LogP contribution in [0, 0.1) is 16.7 Å². The van der Waals surface area contributed by atoms with E-state index < -0.39 is 0 Å². The Morgan fingerprint density at radius 1 is 1.36 bits per heavy atom. The smallest absolute Gasteiger partial charge is 0.109 e. The minimum absolute atomic E-state index is 0.0146. The van der Waals surface area contributed by atoms with E-state index in [-0.39, 0.29) is 11.5 Å². The Balaban J connectivity index is 2.50. The molecule has 0 saturated carbocycles. The van der Waals surface area contributed by atoms with E-state index >= 15 is 0 Å². The number of nitrogens with one attached hydrogen (secondary N) is 2. The van der Waals surface area contributed by atoms with E-state index in [4.69, 9.17) is 5.26 Å². The zero-order valence-electron chi connectivity index (χ0n) is 7.31. The molecule has 0 bridgehead atoms. The predicted octanol–water partition coefficient (Wildman–Crippen LogP) is 0.791. The van der Waals surface area contributed by atoms with E-state index in [0.717, 1.165) is 6.42 Å².